The number of ether oxygens (including phenoxy) is 2. The minimum atomic E-state index is -3.91. The van der Waals surface area contributed by atoms with Crippen LogP contribution in [-0.4, -0.2) is 27.5 Å². The number of hydrogen-bond donors (Lipinski definition) is 1. The Morgan fingerprint density at radius 3 is 2.22 bits per heavy atom. The number of fused-ring (bicyclic) bond motifs is 1. The van der Waals surface area contributed by atoms with E-state index >= 15 is 0 Å². The van der Waals surface area contributed by atoms with Crippen LogP contribution in [0, 0.1) is 0 Å². The minimum Gasteiger partial charge on any atom is -0.465 e. The lowest BCUT2D eigenvalue weighted by Crippen LogP contribution is -2.49. The first kappa shape index (κ1) is 21.7. The number of nitrogens with one attached hydrogen (secondary N) is 1. The molecule has 0 saturated heterocycles. The summed E-state index contributed by atoms with van der Waals surface area (Å²) in [5.41, 5.74) is 0.484. The summed E-state index contributed by atoms with van der Waals surface area (Å²) < 4.78 is 38.5. The van der Waals surface area contributed by atoms with Crippen LogP contribution in [0.4, 0.5) is 0 Å². The molecule has 1 aliphatic heterocycles. The highest BCUT2D eigenvalue weighted by Gasteiger charge is 2.53. The van der Waals surface area contributed by atoms with E-state index < -0.39 is 27.5 Å². The Hall–Kier alpha value is -3.49. The highest BCUT2D eigenvalue weighted by atomic mass is 32.2. The van der Waals surface area contributed by atoms with Crippen molar-refractivity contribution in [2.45, 2.75) is 23.5 Å². The summed E-state index contributed by atoms with van der Waals surface area (Å²) in [5, 5.41) is 0. The zero-order chi connectivity index (χ0) is 22.8. The van der Waals surface area contributed by atoms with E-state index in [9.17, 15) is 18.0 Å². The van der Waals surface area contributed by atoms with Gasteiger partial charge in [0.2, 0.25) is 10.0 Å². The quantitative estimate of drug-likeness (QED) is 0.579. The maximum Gasteiger partial charge on any atom is 0.337 e. The number of carbonyl (C=O) groups is 2. The summed E-state index contributed by atoms with van der Waals surface area (Å²) >= 11 is 0. The lowest BCUT2D eigenvalue weighted by Gasteiger charge is -2.27. The second kappa shape index (κ2) is 8.57. The second-order valence-electron chi connectivity index (χ2n) is 7.43. The van der Waals surface area contributed by atoms with Gasteiger partial charge in [-0.25, -0.2) is 18.0 Å². The number of methoxy groups -OCH3 is 1. The summed E-state index contributed by atoms with van der Waals surface area (Å²) in [6, 6.07) is 22.0. The second-order valence-corrected chi connectivity index (χ2v) is 9.08. The molecule has 3 aromatic carbocycles. The molecular weight excluding hydrogens is 430 g/mol. The molecule has 8 heteroatoms. The van der Waals surface area contributed by atoms with Crippen molar-refractivity contribution in [3.63, 3.8) is 0 Å². The molecule has 0 bridgehead atoms. The van der Waals surface area contributed by atoms with Crippen LogP contribution in [0.3, 0.4) is 0 Å². The summed E-state index contributed by atoms with van der Waals surface area (Å²) in [7, 11) is -2.62. The SMILES string of the molecule is COC(=O)c1ccc(C[C@@]2(C(=O)OCc3ccccc3)NS(=O)(=O)c3ccccc32)cc1. The van der Waals surface area contributed by atoms with Crippen LogP contribution < -0.4 is 4.72 Å². The fourth-order valence-corrected chi connectivity index (χ4v) is 5.40. The van der Waals surface area contributed by atoms with E-state index in [0.29, 0.717) is 16.7 Å². The van der Waals surface area contributed by atoms with Crippen LogP contribution in [0.2, 0.25) is 0 Å². The first-order valence-corrected chi connectivity index (χ1v) is 11.4. The molecular formula is C24H21NO6S. The van der Waals surface area contributed by atoms with Crippen molar-refractivity contribution >= 4 is 22.0 Å². The van der Waals surface area contributed by atoms with Gasteiger partial charge in [-0.3, -0.25) is 0 Å². The normalized spacial score (nSPS) is 18.5. The zero-order valence-corrected chi connectivity index (χ0v) is 18.1. The largest absolute Gasteiger partial charge is 0.465 e. The number of benzene rings is 3. The molecule has 3 aromatic rings. The predicted octanol–water partition coefficient (Wildman–Crippen LogP) is 2.95. The first-order chi connectivity index (χ1) is 15.4. The van der Waals surface area contributed by atoms with E-state index in [1.54, 1.807) is 42.5 Å². The van der Waals surface area contributed by atoms with Crippen LogP contribution in [0.25, 0.3) is 0 Å². The number of sulfonamides is 1. The van der Waals surface area contributed by atoms with E-state index in [-0.39, 0.29) is 17.9 Å². The Labute approximate surface area is 186 Å². The number of rotatable bonds is 6. The lowest BCUT2D eigenvalue weighted by atomic mass is 9.84. The van der Waals surface area contributed by atoms with Crippen LogP contribution >= 0.6 is 0 Å². The van der Waals surface area contributed by atoms with Crippen molar-refractivity contribution in [3.05, 3.63) is 101 Å². The smallest absolute Gasteiger partial charge is 0.337 e. The van der Waals surface area contributed by atoms with Crippen LogP contribution in [0.5, 0.6) is 0 Å². The Morgan fingerprint density at radius 1 is 0.875 bits per heavy atom. The van der Waals surface area contributed by atoms with Gasteiger partial charge in [0.15, 0.2) is 5.54 Å². The Morgan fingerprint density at radius 2 is 1.53 bits per heavy atom. The maximum absolute atomic E-state index is 13.4. The topological polar surface area (TPSA) is 98.8 Å². The molecule has 4 rings (SSSR count). The van der Waals surface area contributed by atoms with E-state index in [0.717, 1.165) is 5.56 Å². The van der Waals surface area contributed by atoms with Gasteiger partial charge >= 0.3 is 11.9 Å². The third kappa shape index (κ3) is 4.02. The van der Waals surface area contributed by atoms with Gasteiger partial charge in [-0.2, -0.15) is 4.72 Å². The van der Waals surface area contributed by atoms with Crippen molar-refractivity contribution in [3.8, 4) is 0 Å². The van der Waals surface area contributed by atoms with Crippen molar-refractivity contribution < 1.29 is 27.5 Å². The Balaban J connectivity index is 1.71. The highest BCUT2D eigenvalue weighted by Crippen LogP contribution is 2.39. The Kier molecular flexibility index (Phi) is 5.82. The third-order valence-electron chi connectivity index (χ3n) is 5.35. The minimum absolute atomic E-state index is 0.00654. The van der Waals surface area contributed by atoms with Gasteiger partial charge in [-0.15, -0.1) is 0 Å². The van der Waals surface area contributed by atoms with Gasteiger partial charge in [0.25, 0.3) is 0 Å². The monoisotopic (exact) mass is 451 g/mol. The maximum atomic E-state index is 13.4. The van der Waals surface area contributed by atoms with Crippen molar-refractivity contribution in [1.82, 2.24) is 4.72 Å². The molecule has 0 amide bonds. The van der Waals surface area contributed by atoms with Crippen LogP contribution in [-0.2, 0) is 42.9 Å². The van der Waals surface area contributed by atoms with Crippen LogP contribution in [0.15, 0.2) is 83.8 Å². The standard InChI is InChI=1S/C24H21NO6S/c1-30-22(26)19-13-11-17(12-14-19)15-24(23(27)31-16-18-7-3-2-4-8-18)20-9-5-6-10-21(20)32(28,29)25-24/h2-14,25H,15-16H2,1H3/t24-/m1/s1. The Bertz CT molecular complexity index is 1260. The molecule has 32 heavy (non-hydrogen) atoms. The van der Waals surface area contributed by atoms with Crippen LogP contribution in [0.1, 0.15) is 27.0 Å². The highest BCUT2D eigenvalue weighted by molar-refractivity contribution is 7.90. The van der Waals surface area contributed by atoms with Gasteiger partial charge in [-0.05, 0) is 29.3 Å². The average molecular weight is 452 g/mol. The summed E-state index contributed by atoms with van der Waals surface area (Å²) in [6.45, 7) is 0.00654. The average Bonchev–Trinajstić information content (AvgIpc) is 3.05. The number of carbonyl (C=O) groups excluding carboxylic acids is 2. The molecule has 0 radical (unpaired) electrons. The molecule has 1 heterocycles. The van der Waals surface area contributed by atoms with E-state index in [2.05, 4.69) is 4.72 Å². The molecule has 164 valence electrons. The van der Waals surface area contributed by atoms with E-state index in [1.807, 2.05) is 30.3 Å². The molecule has 0 aliphatic carbocycles. The number of hydrogen-bond acceptors (Lipinski definition) is 6. The van der Waals surface area contributed by atoms with Crippen molar-refractivity contribution in [1.29, 1.82) is 0 Å². The number of esters is 2. The molecule has 0 fully saturated rings. The summed E-state index contributed by atoms with van der Waals surface area (Å²) in [4.78, 5) is 25.2. The molecule has 0 aromatic heterocycles. The third-order valence-corrected chi connectivity index (χ3v) is 6.90. The van der Waals surface area contributed by atoms with E-state index in [4.69, 9.17) is 9.47 Å². The van der Waals surface area contributed by atoms with Gasteiger partial charge < -0.3 is 9.47 Å². The van der Waals surface area contributed by atoms with Gasteiger partial charge in [0.05, 0.1) is 17.6 Å². The van der Waals surface area contributed by atoms with Gasteiger partial charge in [-0.1, -0.05) is 60.7 Å². The fraction of sp³-hybridized carbons (Fsp3) is 0.167. The molecule has 0 unspecified atom stereocenters. The first-order valence-electron chi connectivity index (χ1n) is 9.88. The van der Waals surface area contributed by atoms with Crippen molar-refractivity contribution in [2.24, 2.45) is 0 Å². The van der Waals surface area contributed by atoms with Crippen molar-refractivity contribution in [2.75, 3.05) is 7.11 Å². The van der Waals surface area contributed by atoms with Gasteiger partial charge in [0, 0.05) is 12.0 Å². The van der Waals surface area contributed by atoms with Gasteiger partial charge in [0.1, 0.15) is 6.61 Å². The summed E-state index contributed by atoms with van der Waals surface area (Å²) in [6.07, 6.45) is 0.0122. The summed E-state index contributed by atoms with van der Waals surface area (Å²) in [5.74, 6) is -1.19. The molecule has 7 nitrogen and oxygen atoms in total. The molecule has 0 spiro atoms. The molecule has 1 atom stereocenters. The molecule has 0 saturated carbocycles. The zero-order valence-electron chi connectivity index (χ0n) is 17.3. The predicted molar refractivity (Wildman–Crippen MR) is 116 cm³/mol. The molecule has 1 aliphatic rings. The fourth-order valence-electron chi connectivity index (χ4n) is 3.78. The molecule has 1 N–H and O–H groups in total. The lowest BCUT2D eigenvalue weighted by molar-refractivity contribution is -0.152. The van der Waals surface area contributed by atoms with E-state index in [1.165, 1.54) is 13.2 Å².